The van der Waals surface area contributed by atoms with Crippen LogP contribution in [0.2, 0.25) is 0 Å². The molecule has 1 aliphatic heterocycles. The van der Waals surface area contributed by atoms with Crippen molar-refractivity contribution < 1.29 is 14.1 Å². The quantitative estimate of drug-likeness (QED) is 0.643. The molecule has 0 N–H and O–H groups in total. The number of nitro groups is 1. The van der Waals surface area contributed by atoms with Gasteiger partial charge >= 0.3 is 5.88 Å². The Morgan fingerprint density at radius 2 is 2.30 bits per heavy atom. The van der Waals surface area contributed by atoms with Crippen LogP contribution in [0.4, 0.5) is 5.88 Å². The van der Waals surface area contributed by atoms with Gasteiger partial charge in [-0.05, 0) is 41.3 Å². The summed E-state index contributed by atoms with van der Waals surface area (Å²) in [4.78, 5) is 24.1. The van der Waals surface area contributed by atoms with Crippen molar-refractivity contribution in [2.75, 3.05) is 6.54 Å². The van der Waals surface area contributed by atoms with Crippen LogP contribution in [-0.2, 0) is 0 Å². The van der Waals surface area contributed by atoms with E-state index in [1.165, 1.54) is 12.1 Å². The summed E-state index contributed by atoms with van der Waals surface area (Å²) in [6, 6.07) is 4.62. The van der Waals surface area contributed by atoms with Gasteiger partial charge in [0.15, 0.2) is 5.76 Å². The van der Waals surface area contributed by atoms with Crippen molar-refractivity contribution in [3.05, 3.63) is 50.4 Å². The molecular weight excluding hydrogens is 280 g/mol. The summed E-state index contributed by atoms with van der Waals surface area (Å²) >= 11 is 1.59. The van der Waals surface area contributed by atoms with Gasteiger partial charge in [-0.2, -0.15) is 11.3 Å². The molecule has 1 aliphatic rings. The Bertz CT molecular complexity index is 635. The smallest absolute Gasteiger partial charge is 0.395 e. The number of hydrogen-bond acceptors (Lipinski definition) is 5. The molecule has 104 valence electrons. The van der Waals surface area contributed by atoms with Crippen molar-refractivity contribution in [2.45, 2.75) is 18.9 Å². The summed E-state index contributed by atoms with van der Waals surface area (Å²) in [6.45, 7) is 0.647. The van der Waals surface area contributed by atoms with E-state index in [0.717, 1.165) is 18.4 Å². The van der Waals surface area contributed by atoms with Crippen molar-refractivity contribution in [3.63, 3.8) is 0 Å². The molecule has 3 rings (SSSR count). The van der Waals surface area contributed by atoms with Gasteiger partial charge in [-0.1, -0.05) is 0 Å². The van der Waals surface area contributed by atoms with E-state index < -0.39 is 10.8 Å². The van der Waals surface area contributed by atoms with Gasteiger partial charge in [-0.25, -0.2) is 0 Å². The maximum absolute atomic E-state index is 12.4. The third-order valence-corrected chi connectivity index (χ3v) is 4.13. The zero-order chi connectivity index (χ0) is 14.1. The lowest BCUT2D eigenvalue weighted by atomic mass is 10.1. The minimum Gasteiger partial charge on any atom is -0.395 e. The molecule has 1 saturated heterocycles. The maximum atomic E-state index is 12.4. The van der Waals surface area contributed by atoms with Crippen LogP contribution >= 0.6 is 11.3 Å². The predicted molar refractivity (Wildman–Crippen MR) is 72.7 cm³/mol. The average Bonchev–Trinajstić information content (AvgIpc) is 3.17. The van der Waals surface area contributed by atoms with Crippen LogP contribution in [0.3, 0.4) is 0 Å². The Hall–Kier alpha value is -2.15. The fourth-order valence-electron chi connectivity index (χ4n) is 2.50. The maximum Gasteiger partial charge on any atom is 0.433 e. The third-order valence-electron chi connectivity index (χ3n) is 3.42. The second-order valence-corrected chi connectivity index (χ2v) is 5.39. The molecule has 1 fully saturated rings. The molecule has 1 amide bonds. The summed E-state index contributed by atoms with van der Waals surface area (Å²) in [5, 5.41) is 14.6. The number of amides is 1. The number of hydrogen-bond donors (Lipinski definition) is 0. The Kier molecular flexibility index (Phi) is 3.27. The second-order valence-electron chi connectivity index (χ2n) is 4.61. The van der Waals surface area contributed by atoms with E-state index >= 15 is 0 Å². The number of nitrogens with zero attached hydrogens (tertiary/aromatic N) is 2. The van der Waals surface area contributed by atoms with Gasteiger partial charge in [0, 0.05) is 6.54 Å². The van der Waals surface area contributed by atoms with Crippen molar-refractivity contribution in [2.24, 2.45) is 0 Å². The van der Waals surface area contributed by atoms with Crippen LogP contribution < -0.4 is 0 Å². The van der Waals surface area contributed by atoms with E-state index in [9.17, 15) is 14.9 Å². The lowest BCUT2D eigenvalue weighted by Crippen LogP contribution is -2.30. The summed E-state index contributed by atoms with van der Waals surface area (Å²) < 4.78 is 5.00. The van der Waals surface area contributed by atoms with Gasteiger partial charge in [-0.15, -0.1) is 0 Å². The summed E-state index contributed by atoms with van der Waals surface area (Å²) in [6.07, 6.45) is 1.83. The minimum atomic E-state index is -0.642. The summed E-state index contributed by atoms with van der Waals surface area (Å²) in [5.74, 6) is -0.662. The first-order chi connectivity index (χ1) is 9.66. The van der Waals surface area contributed by atoms with Crippen molar-refractivity contribution in [3.8, 4) is 0 Å². The SMILES string of the molecule is O=C(c1ccc([N+](=O)[O-])o1)N1CCC[C@@H]1c1ccsc1. The Labute approximate surface area is 118 Å². The lowest BCUT2D eigenvalue weighted by Gasteiger charge is -2.23. The first kappa shape index (κ1) is 12.9. The highest BCUT2D eigenvalue weighted by atomic mass is 32.1. The van der Waals surface area contributed by atoms with Crippen LogP contribution in [0.15, 0.2) is 33.4 Å². The number of likely N-dealkylation sites (tertiary alicyclic amines) is 1. The topological polar surface area (TPSA) is 76.6 Å². The highest BCUT2D eigenvalue weighted by molar-refractivity contribution is 7.07. The van der Waals surface area contributed by atoms with Gasteiger partial charge < -0.3 is 9.32 Å². The van der Waals surface area contributed by atoms with Crippen LogP contribution in [0.25, 0.3) is 0 Å². The van der Waals surface area contributed by atoms with Crippen LogP contribution in [0.5, 0.6) is 0 Å². The minimum absolute atomic E-state index is 0.0267. The number of rotatable bonds is 3. The fourth-order valence-corrected chi connectivity index (χ4v) is 3.21. The van der Waals surface area contributed by atoms with E-state index in [4.69, 9.17) is 4.42 Å². The van der Waals surface area contributed by atoms with Gasteiger partial charge in [0.2, 0.25) is 0 Å². The van der Waals surface area contributed by atoms with Crippen molar-refractivity contribution >= 4 is 23.1 Å². The average molecular weight is 292 g/mol. The zero-order valence-electron chi connectivity index (χ0n) is 10.5. The molecule has 20 heavy (non-hydrogen) atoms. The molecular formula is C13H12N2O4S. The number of carbonyl (C=O) groups is 1. The van der Waals surface area contributed by atoms with Gasteiger partial charge in [-0.3, -0.25) is 14.9 Å². The molecule has 0 spiro atoms. The van der Waals surface area contributed by atoms with E-state index in [1.54, 1.807) is 16.2 Å². The monoisotopic (exact) mass is 292 g/mol. The molecule has 3 heterocycles. The standard InChI is InChI=1S/C13H12N2O4S/c16-13(11-3-4-12(19-11)15(17)18)14-6-1-2-10(14)9-5-7-20-8-9/h3-5,7-8,10H,1-2,6H2/t10-/m1/s1. The van der Waals surface area contributed by atoms with E-state index in [1.807, 2.05) is 16.8 Å². The molecule has 6 nitrogen and oxygen atoms in total. The zero-order valence-corrected chi connectivity index (χ0v) is 11.3. The molecule has 0 aliphatic carbocycles. The van der Waals surface area contributed by atoms with Crippen LogP contribution in [-0.4, -0.2) is 22.3 Å². The Morgan fingerprint density at radius 3 is 2.95 bits per heavy atom. The molecule has 1 atom stereocenters. The van der Waals surface area contributed by atoms with Crippen LogP contribution in [0, 0.1) is 10.1 Å². The van der Waals surface area contributed by atoms with Crippen LogP contribution in [0.1, 0.15) is 35.0 Å². The third kappa shape index (κ3) is 2.20. The fraction of sp³-hybridized carbons (Fsp3) is 0.308. The highest BCUT2D eigenvalue weighted by Crippen LogP contribution is 2.34. The Balaban J connectivity index is 1.83. The molecule has 7 heteroatoms. The Morgan fingerprint density at radius 1 is 1.45 bits per heavy atom. The molecule has 2 aromatic heterocycles. The van der Waals surface area contributed by atoms with E-state index in [2.05, 4.69) is 0 Å². The second kappa shape index (κ2) is 5.09. The largest absolute Gasteiger partial charge is 0.433 e. The van der Waals surface area contributed by atoms with Gasteiger partial charge in [0.05, 0.1) is 12.1 Å². The molecule has 0 saturated carbocycles. The first-order valence-electron chi connectivity index (χ1n) is 6.24. The molecule has 0 unspecified atom stereocenters. The molecule has 2 aromatic rings. The number of carbonyl (C=O) groups excluding carboxylic acids is 1. The summed E-state index contributed by atoms with van der Waals surface area (Å²) in [7, 11) is 0. The van der Waals surface area contributed by atoms with Gasteiger partial charge in [0.25, 0.3) is 5.91 Å². The summed E-state index contributed by atoms with van der Waals surface area (Å²) in [5.41, 5.74) is 1.11. The van der Waals surface area contributed by atoms with Crippen molar-refractivity contribution in [1.29, 1.82) is 0 Å². The highest BCUT2D eigenvalue weighted by Gasteiger charge is 2.32. The first-order valence-corrected chi connectivity index (χ1v) is 7.18. The van der Waals surface area contributed by atoms with E-state index in [0.29, 0.717) is 6.54 Å². The number of furan rings is 1. The van der Waals surface area contributed by atoms with Gasteiger partial charge in [0.1, 0.15) is 4.92 Å². The van der Waals surface area contributed by atoms with E-state index in [-0.39, 0.29) is 17.7 Å². The molecule has 0 radical (unpaired) electrons. The lowest BCUT2D eigenvalue weighted by molar-refractivity contribution is -0.402. The molecule has 0 bridgehead atoms. The molecule has 0 aromatic carbocycles. The predicted octanol–water partition coefficient (Wildman–Crippen LogP) is 3.23. The number of thiophene rings is 1. The normalized spacial score (nSPS) is 18.4. The van der Waals surface area contributed by atoms with Crippen molar-refractivity contribution in [1.82, 2.24) is 4.90 Å².